The Bertz CT molecular complexity index is 595. The first-order valence-corrected chi connectivity index (χ1v) is 12.3. The summed E-state index contributed by atoms with van der Waals surface area (Å²) in [5.41, 5.74) is 2.36. The molecule has 3 fully saturated rings. The van der Waals surface area contributed by atoms with Crippen LogP contribution in [0.5, 0.6) is 0 Å². The lowest BCUT2D eigenvalue weighted by molar-refractivity contribution is -0.0557. The maximum Gasteiger partial charge on any atom is 0.0577 e. The zero-order valence-electron chi connectivity index (χ0n) is 18.8. The lowest BCUT2D eigenvalue weighted by Crippen LogP contribution is -2.50. The third-order valence-electron chi connectivity index (χ3n) is 9.91. The lowest BCUT2D eigenvalue weighted by Gasteiger charge is -2.58. The van der Waals surface area contributed by atoms with Crippen LogP contribution < -0.4 is 0 Å². The predicted octanol–water partition coefficient (Wildman–Crippen LogP) is 6.11. The Kier molecular flexibility index (Phi) is 5.77. The van der Waals surface area contributed by atoms with E-state index in [-0.39, 0.29) is 12.2 Å². The second-order valence-corrected chi connectivity index (χ2v) is 11.8. The van der Waals surface area contributed by atoms with Gasteiger partial charge >= 0.3 is 0 Å². The van der Waals surface area contributed by atoms with Crippen LogP contribution in [0.4, 0.5) is 0 Å². The molecule has 8 unspecified atom stereocenters. The molecule has 0 aromatic heterocycles. The minimum Gasteiger partial charge on any atom is -0.393 e. The van der Waals surface area contributed by atoms with E-state index < -0.39 is 0 Å². The monoisotopic (exact) mass is 388 g/mol. The van der Waals surface area contributed by atoms with E-state index in [0.717, 1.165) is 49.9 Å². The van der Waals surface area contributed by atoms with Crippen molar-refractivity contribution in [1.29, 1.82) is 0 Å². The van der Waals surface area contributed by atoms with Crippen molar-refractivity contribution in [3.8, 4) is 0 Å². The predicted molar refractivity (Wildman–Crippen MR) is 116 cm³/mol. The number of allylic oxidation sites excluding steroid dienone is 1. The van der Waals surface area contributed by atoms with E-state index in [4.69, 9.17) is 0 Å². The summed E-state index contributed by atoms with van der Waals surface area (Å²) in [7, 11) is 0. The second kappa shape index (κ2) is 7.73. The van der Waals surface area contributed by atoms with Crippen molar-refractivity contribution in [3.63, 3.8) is 0 Å². The summed E-state index contributed by atoms with van der Waals surface area (Å²) in [6, 6.07) is 0. The topological polar surface area (TPSA) is 40.5 Å². The first kappa shape index (κ1) is 20.9. The first-order valence-electron chi connectivity index (χ1n) is 12.3. The van der Waals surface area contributed by atoms with Crippen LogP contribution in [0.15, 0.2) is 11.6 Å². The molecule has 0 aliphatic heterocycles. The van der Waals surface area contributed by atoms with E-state index in [1.807, 2.05) is 0 Å². The van der Waals surface area contributed by atoms with Crippen LogP contribution in [-0.4, -0.2) is 22.4 Å². The molecular weight excluding hydrogens is 344 g/mol. The standard InChI is InChI=1S/C26H44O2/c1-17(2)5-8-20(27)15-19-7-10-23-22-9-6-18-16-21(28)11-13-25(18,3)24(22)12-14-26(19,23)4/h6,17,19-24,27-28H,5,7-16H2,1-4H3. The fourth-order valence-electron chi connectivity index (χ4n) is 8.11. The fourth-order valence-corrected chi connectivity index (χ4v) is 8.11. The van der Waals surface area contributed by atoms with Crippen molar-refractivity contribution in [1.82, 2.24) is 0 Å². The van der Waals surface area contributed by atoms with Crippen LogP contribution in [0.3, 0.4) is 0 Å². The van der Waals surface area contributed by atoms with Gasteiger partial charge in [0.05, 0.1) is 12.2 Å². The number of hydrogen-bond acceptors (Lipinski definition) is 2. The Morgan fingerprint density at radius 1 is 1.04 bits per heavy atom. The summed E-state index contributed by atoms with van der Waals surface area (Å²) in [4.78, 5) is 0. The minimum absolute atomic E-state index is 0.101. The summed E-state index contributed by atoms with van der Waals surface area (Å²) in [5, 5.41) is 20.9. The first-order chi connectivity index (χ1) is 13.2. The molecule has 0 heterocycles. The van der Waals surface area contributed by atoms with Crippen molar-refractivity contribution >= 4 is 0 Å². The van der Waals surface area contributed by atoms with E-state index in [2.05, 4.69) is 33.8 Å². The van der Waals surface area contributed by atoms with Gasteiger partial charge in [0.2, 0.25) is 0 Å². The Morgan fingerprint density at radius 3 is 2.57 bits per heavy atom. The third kappa shape index (κ3) is 3.51. The summed E-state index contributed by atoms with van der Waals surface area (Å²) in [5.74, 6) is 3.90. The smallest absolute Gasteiger partial charge is 0.0577 e. The molecule has 0 radical (unpaired) electrons. The number of rotatable bonds is 5. The van der Waals surface area contributed by atoms with Crippen LogP contribution >= 0.6 is 0 Å². The van der Waals surface area contributed by atoms with Crippen molar-refractivity contribution < 1.29 is 10.2 Å². The molecule has 160 valence electrons. The number of fused-ring (bicyclic) bond motifs is 5. The average Bonchev–Trinajstić information content (AvgIpc) is 2.97. The van der Waals surface area contributed by atoms with E-state index in [0.29, 0.717) is 22.7 Å². The minimum atomic E-state index is -0.104. The van der Waals surface area contributed by atoms with Gasteiger partial charge in [-0.15, -0.1) is 0 Å². The quantitative estimate of drug-likeness (QED) is 0.558. The van der Waals surface area contributed by atoms with Gasteiger partial charge in [0.1, 0.15) is 0 Å². The molecule has 2 N–H and O–H groups in total. The molecule has 4 aliphatic carbocycles. The van der Waals surface area contributed by atoms with Crippen LogP contribution in [0.1, 0.15) is 98.3 Å². The normalized spacial score (nSPS) is 46.5. The Labute approximate surface area is 173 Å². The van der Waals surface area contributed by atoms with Gasteiger partial charge in [0.15, 0.2) is 0 Å². The van der Waals surface area contributed by atoms with Crippen molar-refractivity contribution in [3.05, 3.63) is 11.6 Å². The van der Waals surface area contributed by atoms with Crippen molar-refractivity contribution in [2.24, 2.45) is 40.4 Å². The Balaban J connectivity index is 1.48. The largest absolute Gasteiger partial charge is 0.393 e. The highest BCUT2D eigenvalue weighted by atomic mass is 16.3. The maximum absolute atomic E-state index is 10.7. The molecular formula is C26H44O2. The van der Waals surface area contributed by atoms with Gasteiger partial charge in [0, 0.05) is 0 Å². The fraction of sp³-hybridized carbons (Fsp3) is 0.923. The van der Waals surface area contributed by atoms with Crippen LogP contribution in [-0.2, 0) is 0 Å². The van der Waals surface area contributed by atoms with Gasteiger partial charge in [0.25, 0.3) is 0 Å². The summed E-state index contributed by atoms with van der Waals surface area (Å²) in [6.45, 7) is 9.62. The van der Waals surface area contributed by atoms with Crippen LogP contribution in [0.25, 0.3) is 0 Å². The van der Waals surface area contributed by atoms with Gasteiger partial charge in [-0.2, -0.15) is 0 Å². The molecule has 0 aromatic rings. The molecule has 0 amide bonds. The summed E-state index contributed by atoms with van der Waals surface area (Å²) < 4.78 is 0. The van der Waals surface area contributed by atoms with Gasteiger partial charge in [-0.3, -0.25) is 0 Å². The molecule has 2 heteroatoms. The number of aliphatic hydroxyl groups is 2. The van der Waals surface area contributed by atoms with Crippen LogP contribution in [0, 0.1) is 40.4 Å². The second-order valence-electron chi connectivity index (χ2n) is 11.8. The van der Waals surface area contributed by atoms with Gasteiger partial charge in [-0.25, -0.2) is 0 Å². The zero-order valence-corrected chi connectivity index (χ0v) is 18.8. The van der Waals surface area contributed by atoms with Crippen molar-refractivity contribution in [2.45, 2.75) is 111 Å². The lowest BCUT2D eigenvalue weighted by atomic mass is 9.47. The Morgan fingerprint density at radius 2 is 1.82 bits per heavy atom. The highest BCUT2D eigenvalue weighted by Gasteiger charge is 2.58. The molecule has 0 aromatic carbocycles. The summed E-state index contributed by atoms with van der Waals surface area (Å²) in [6.07, 6.45) is 15.3. The average molecular weight is 389 g/mol. The molecule has 3 saturated carbocycles. The molecule has 0 bridgehead atoms. The molecule has 0 saturated heterocycles. The molecule has 0 spiro atoms. The highest BCUT2D eigenvalue weighted by Crippen LogP contribution is 2.66. The SMILES string of the molecule is CC(C)CCC(O)CC1CCC2C3CC=C4CC(O)CCC4(C)C3CCC12C. The number of hydrogen-bond donors (Lipinski definition) is 2. The van der Waals surface area contributed by atoms with E-state index in [1.54, 1.807) is 5.57 Å². The van der Waals surface area contributed by atoms with E-state index >= 15 is 0 Å². The zero-order chi connectivity index (χ0) is 20.1. The molecule has 28 heavy (non-hydrogen) atoms. The molecule has 4 aliphatic rings. The molecule has 8 atom stereocenters. The summed E-state index contributed by atoms with van der Waals surface area (Å²) >= 11 is 0. The maximum atomic E-state index is 10.7. The van der Waals surface area contributed by atoms with Gasteiger partial charge < -0.3 is 10.2 Å². The molecule has 2 nitrogen and oxygen atoms in total. The van der Waals surface area contributed by atoms with Gasteiger partial charge in [-0.1, -0.05) is 39.3 Å². The van der Waals surface area contributed by atoms with Crippen LogP contribution in [0.2, 0.25) is 0 Å². The molecule has 4 rings (SSSR count). The Hall–Kier alpha value is -0.340. The highest BCUT2D eigenvalue weighted by molar-refractivity contribution is 5.25. The number of aliphatic hydroxyl groups excluding tert-OH is 2. The van der Waals surface area contributed by atoms with E-state index in [9.17, 15) is 10.2 Å². The van der Waals surface area contributed by atoms with E-state index in [1.165, 1.54) is 38.5 Å². The van der Waals surface area contributed by atoms with Crippen molar-refractivity contribution in [2.75, 3.05) is 0 Å². The van der Waals surface area contributed by atoms with Gasteiger partial charge in [-0.05, 0) is 111 Å². The third-order valence-corrected chi connectivity index (χ3v) is 9.91.